The third-order valence-corrected chi connectivity index (χ3v) is 0.696. The molecule has 0 N–H and O–H groups in total. The minimum absolute atomic E-state index is 0.287. The van der Waals surface area contributed by atoms with Gasteiger partial charge >= 0.3 is 0 Å². The quantitative estimate of drug-likeness (QED) is 0.522. The second-order valence-electron chi connectivity index (χ2n) is 2.30. The maximum Gasteiger partial charge on any atom is 0.130 e. The fraction of sp³-hybridized carbons (Fsp3) is 0.625. The van der Waals surface area contributed by atoms with Gasteiger partial charge in [0.15, 0.2) is 0 Å². The van der Waals surface area contributed by atoms with Crippen LogP contribution in [-0.2, 0) is 4.79 Å². The maximum absolute atomic E-state index is 10.3. The van der Waals surface area contributed by atoms with Crippen LogP contribution in [0, 0.1) is 5.92 Å². The molecule has 0 heterocycles. The summed E-state index contributed by atoms with van der Waals surface area (Å²) >= 11 is 0. The zero-order valence-corrected chi connectivity index (χ0v) is 6.61. The van der Waals surface area contributed by atoms with E-state index in [1.807, 2.05) is 13.8 Å². The molecule has 1 heteroatoms. The van der Waals surface area contributed by atoms with Crippen molar-refractivity contribution in [2.45, 2.75) is 27.2 Å². The summed E-state index contributed by atoms with van der Waals surface area (Å²) in [6.45, 7) is 11.7. The molecule has 0 aliphatic rings. The first kappa shape index (κ1) is 11.2. The minimum Gasteiger partial charge on any atom is -0.300 e. The molecule has 0 rings (SSSR count). The van der Waals surface area contributed by atoms with Gasteiger partial charge in [-0.25, -0.2) is 0 Å². The number of ketones is 1. The van der Waals surface area contributed by atoms with E-state index in [1.54, 1.807) is 6.92 Å². The average molecular weight is 128 g/mol. The highest BCUT2D eigenvalue weighted by atomic mass is 16.1. The molecule has 0 unspecified atom stereocenters. The van der Waals surface area contributed by atoms with E-state index in [4.69, 9.17) is 0 Å². The van der Waals surface area contributed by atoms with Gasteiger partial charge in [0.25, 0.3) is 0 Å². The van der Waals surface area contributed by atoms with Crippen molar-refractivity contribution in [3.8, 4) is 0 Å². The van der Waals surface area contributed by atoms with Gasteiger partial charge in [-0.2, -0.15) is 0 Å². The van der Waals surface area contributed by atoms with Gasteiger partial charge in [-0.1, -0.05) is 13.8 Å². The first-order chi connectivity index (χ1) is 4.13. The van der Waals surface area contributed by atoms with Crippen molar-refractivity contribution in [2.24, 2.45) is 5.92 Å². The van der Waals surface area contributed by atoms with Crippen molar-refractivity contribution < 1.29 is 4.79 Å². The molecule has 0 radical (unpaired) electrons. The predicted octanol–water partition coefficient (Wildman–Crippen LogP) is 2.42. The Kier molecular flexibility index (Phi) is 9.25. The summed E-state index contributed by atoms with van der Waals surface area (Å²) < 4.78 is 0. The summed E-state index contributed by atoms with van der Waals surface area (Å²) in [7, 11) is 0. The van der Waals surface area contributed by atoms with Crippen molar-refractivity contribution in [3.05, 3.63) is 13.2 Å². The van der Waals surface area contributed by atoms with Crippen molar-refractivity contribution in [2.75, 3.05) is 0 Å². The second-order valence-corrected chi connectivity index (χ2v) is 2.30. The van der Waals surface area contributed by atoms with Crippen LogP contribution in [-0.4, -0.2) is 5.78 Å². The maximum atomic E-state index is 10.3. The molecule has 0 aromatic heterocycles. The molecule has 0 saturated carbocycles. The van der Waals surface area contributed by atoms with Crippen LogP contribution < -0.4 is 0 Å². The molecule has 0 amide bonds. The van der Waals surface area contributed by atoms with E-state index in [-0.39, 0.29) is 5.78 Å². The van der Waals surface area contributed by atoms with E-state index in [1.165, 1.54) is 0 Å². The fourth-order valence-electron chi connectivity index (χ4n) is 0.575. The summed E-state index contributed by atoms with van der Waals surface area (Å²) in [5, 5.41) is 0. The number of rotatable bonds is 2. The standard InChI is InChI=1S/C6H12O.C2H4/c1-5(2)4-6(3)7;1-2/h5H,4H2,1-3H3;1-2H2. The van der Waals surface area contributed by atoms with Gasteiger partial charge in [-0.15, -0.1) is 13.2 Å². The Morgan fingerprint density at radius 1 is 1.44 bits per heavy atom. The van der Waals surface area contributed by atoms with Crippen LogP contribution in [0.2, 0.25) is 0 Å². The van der Waals surface area contributed by atoms with Crippen LogP contribution in [0.5, 0.6) is 0 Å². The largest absolute Gasteiger partial charge is 0.300 e. The van der Waals surface area contributed by atoms with Crippen LogP contribution in [0.4, 0.5) is 0 Å². The number of Topliss-reactive ketones (excluding diaryl/α,β-unsaturated/α-hetero) is 1. The van der Waals surface area contributed by atoms with Gasteiger partial charge in [-0.3, -0.25) is 0 Å². The second kappa shape index (κ2) is 7.41. The third-order valence-electron chi connectivity index (χ3n) is 0.696. The highest BCUT2D eigenvalue weighted by Gasteiger charge is 1.95. The molecule has 0 aromatic carbocycles. The zero-order chi connectivity index (χ0) is 7.86. The highest BCUT2D eigenvalue weighted by molar-refractivity contribution is 5.75. The molecule has 1 nitrogen and oxygen atoms in total. The minimum atomic E-state index is 0.287. The smallest absolute Gasteiger partial charge is 0.130 e. The molecule has 0 fully saturated rings. The molecule has 0 aromatic rings. The SMILES string of the molecule is C=C.CC(=O)CC(C)C. The summed E-state index contributed by atoms with van der Waals surface area (Å²) in [5.41, 5.74) is 0. The van der Waals surface area contributed by atoms with E-state index >= 15 is 0 Å². The lowest BCUT2D eigenvalue weighted by molar-refractivity contribution is -0.117. The lowest BCUT2D eigenvalue weighted by Gasteiger charge is -1.95. The fourth-order valence-corrected chi connectivity index (χ4v) is 0.575. The lowest BCUT2D eigenvalue weighted by atomic mass is 10.1. The van der Waals surface area contributed by atoms with Crippen LogP contribution in [0.3, 0.4) is 0 Å². The van der Waals surface area contributed by atoms with Gasteiger partial charge < -0.3 is 4.79 Å². The monoisotopic (exact) mass is 128 g/mol. The van der Waals surface area contributed by atoms with Crippen molar-refractivity contribution in [1.29, 1.82) is 0 Å². The van der Waals surface area contributed by atoms with Crippen molar-refractivity contribution in [1.82, 2.24) is 0 Å². The Labute approximate surface area is 57.8 Å². The summed E-state index contributed by atoms with van der Waals surface area (Å²) in [6.07, 6.45) is 0.722. The summed E-state index contributed by atoms with van der Waals surface area (Å²) in [6, 6.07) is 0. The van der Waals surface area contributed by atoms with E-state index in [2.05, 4.69) is 13.2 Å². The molecule has 9 heavy (non-hydrogen) atoms. The molecule has 0 aliphatic carbocycles. The van der Waals surface area contributed by atoms with Gasteiger partial charge in [0.1, 0.15) is 5.78 Å². The lowest BCUT2D eigenvalue weighted by Crippen LogP contribution is -1.95. The van der Waals surface area contributed by atoms with Crippen molar-refractivity contribution >= 4 is 5.78 Å². The number of hydrogen-bond donors (Lipinski definition) is 0. The number of hydrogen-bond acceptors (Lipinski definition) is 1. The number of carbonyl (C=O) groups excluding carboxylic acids is 1. The van der Waals surface area contributed by atoms with E-state index in [0.717, 1.165) is 6.42 Å². The van der Waals surface area contributed by atoms with E-state index < -0.39 is 0 Å². The first-order valence-electron chi connectivity index (χ1n) is 3.12. The Hall–Kier alpha value is -0.590. The molecule has 0 bridgehead atoms. The number of carbonyl (C=O) groups is 1. The van der Waals surface area contributed by atoms with Gasteiger partial charge in [0.05, 0.1) is 0 Å². The van der Waals surface area contributed by atoms with Crippen LogP contribution in [0.25, 0.3) is 0 Å². The highest BCUT2D eigenvalue weighted by Crippen LogP contribution is 1.97. The van der Waals surface area contributed by atoms with Crippen LogP contribution in [0.15, 0.2) is 13.2 Å². The molecule has 0 spiro atoms. The van der Waals surface area contributed by atoms with E-state index in [0.29, 0.717) is 5.92 Å². The normalized spacial score (nSPS) is 8.00. The Bertz CT molecular complexity index is 74.6. The molecule has 0 atom stereocenters. The zero-order valence-electron chi connectivity index (χ0n) is 6.61. The summed E-state index contributed by atoms with van der Waals surface area (Å²) in [5.74, 6) is 0.813. The predicted molar refractivity (Wildman–Crippen MR) is 41.4 cm³/mol. The molecular formula is C8H16O. The Morgan fingerprint density at radius 2 is 1.78 bits per heavy atom. The molecular weight excluding hydrogens is 112 g/mol. The Balaban J connectivity index is 0. The summed E-state index contributed by atoms with van der Waals surface area (Å²) in [4.78, 5) is 10.3. The Morgan fingerprint density at radius 3 is 1.78 bits per heavy atom. The van der Waals surface area contributed by atoms with Crippen LogP contribution in [0.1, 0.15) is 27.2 Å². The molecule has 0 aliphatic heterocycles. The van der Waals surface area contributed by atoms with Gasteiger partial charge in [0.2, 0.25) is 0 Å². The average Bonchev–Trinajstić information content (AvgIpc) is 1.68. The van der Waals surface area contributed by atoms with E-state index in [9.17, 15) is 4.79 Å². The van der Waals surface area contributed by atoms with Crippen LogP contribution >= 0.6 is 0 Å². The van der Waals surface area contributed by atoms with Gasteiger partial charge in [0, 0.05) is 6.42 Å². The third kappa shape index (κ3) is 18.7. The molecule has 54 valence electrons. The van der Waals surface area contributed by atoms with Gasteiger partial charge in [-0.05, 0) is 12.8 Å². The van der Waals surface area contributed by atoms with Crippen molar-refractivity contribution in [3.63, 3.8) is 0 Å². The molecule has 0 saturated heterocycles. The first-order valence-corrected chi connectivity index (χ1v) is 3.12. The topological polar surface area (TPSA) is 17.1 Å².